The number of H-pyrrole nitrogens is 1. The van der Waals surface area contributed by atoms with Crippen LogP contribution in [0.2, 0.25) is 0 Å². The number of rotatable bonds is 6. The average Bonchev–Trinajstić information content (AvgIpc) is 3.01. The zero-order valence-electron chi connectivity index (χ0n) is 15.5. The topological polar surface area (TPSA) is 66.2 Å². The highest BCUT2D eigenvalue weighted by Crippen LogP contribution is 2.21. The Morgan fingerprint density at radius 3 is 2.59 bits per heavy atom. The molecule has 5 nitrogen and oxygen atoms in total. The normalized spacial score (nSPS) is 10.6. The largest absolute Gasteiger partial charge is 0.465 e. The predicted octanol–water partition coefficient (Wildman–Crippen LogP) is 3.47. The van der Waals surface area contributed by atoms with E-state index in [4.69, 9.17) is 17.0 Å². The number of thiocarbonyl (C=S) groups is 1. The standard InChI is InChI=1S/C21H23N3O2S/c1-14-17(18-5-3-4-6-19(18)24-14)11-12-22-21(27)23-13-15-7-9-16(10-8-15)20(25)26-2/h3-10,24H,11-13H2,1-2H3,(H2,22,23,27). The van der Waals surface area contributed by atoms with Crippen molar-refractivity contribution in [3.8, 4) is 0 Å². The van der Waals surface area contributed by atoms with Gasteiger partial charge in [0.05, 0.1) is 12.7 Å². The number of benzene rings is 2. The number of nitrogens with one attached hydrogen (secondary N) is 3. The van der Waals surface area contributed by atoms with Crippen LogP contribution in [0.1, 0.15) is 27.2 Å². The van der Waals surface area contributed by atoms with Crippen LogP contribution in [0.5, 0.6) is 0 Å². The second-order valence-electron chi connectivity index (χ2n) is 6.32. The molecule has 2 aromatic carbocycles. The summed E-state index contributed by atoms with van der Waals surface area (Å²) in [5.41, 5.74) is 5.26. The number of aryl methyl sites for hydroxylation is 1. The van der Waals surface area contributed by atoms with Crippen LogP contribution in [0, 0.1) is 6.92 Å². The Morgan fingerprint density at radius 2 is 1.85 bits per heavy atom. The van der Waals surface area contributed by atoms with Crippen molar-refractivity contribution in [3.63, 3.8) is 0 Å². The highest BCUT2D eigenvalue weighted by atomic mass is 32.1. The Kier molecular flexibility index (Phi) is 6.08. The minimum atomic E-state index is -0.334. The molecule has 3 N–H and O–H groups in total. The lowest BCUT2D eigenvalue weighted by atomic mass is 10.1. The summed E-state index contributed by atoms with van der Waals surface area (Å²) in [5.74, 6) is -0.334. The van der Waals surface area contributed by atoms with Crippen molar-refractivity contribution in [2.75, 3.05) is 13.7 Å². The fourth-order valence-corrected chi connectivity index (χ4v) is 3.25. The molecule has 0 saturated carbocycles. The minimum absolute atomic E-state index is 0.334. The Balaban J connectivity index is 1.47. The summed E-state index contributed by atoms with van der Waals surface area (Å²) in [4.78, 5) is 14.9. The number of carbonyl (C=O) groups is 1. The van der Waals surface area contributed by atoms with Crippen molar-refractivity contribution < 1.29 is 9.53 Å². The van der Waals surface area contributed by atoms with Gasteiger partial charge in [-0.15, -0.1) is 0 Å². The molecular weight excluding hydrogens is 358 g/mol. The molecule has 0 bridgehead atoms. The first-order valence-corrected chi connectivity index (χ1v) is 9.24. The maximum atomic E-state index is 11.4. The molecule has 3 aromatic rings. The van der Waals surface area contributed by atoms with Crippen molar-refractivity contribution >= 4 is 34.2 Å². The molecule has 0 amide bonds. The quantitative estimate of drug-likeness (QED) is 0.451. The number of ether oxygens (including phenoxy) is 1. The first-order valence-electron chi connectivity index (χ1n) is 8.83. The van der Waals surface area contributed by atoms with Crippen LogP contribution < -0.4 is 10.6 Å². The van der Waals surface area contributed by atoms with Crippen molar-refractivity contribution in [1.82, 2.24) is 15.6 Å². The molecule has 27 heavy (non-hydrogen) atoms. The van der Waals surface area contributed by atoms with Crippen LogP contribution in [-0.4, -0.2) is 29.7 Å². The number of methoxy groups -OCH3 is 1. The van der Waals surface area contributed by atoms with Gasteiger partial charge in [-0.2, -0.15) is 0 Å². The number of hydrogen-bond donors (Lipinski definition) is 3. The molecule has 3 rings (SSSR count). The summed E-state index contributed by atoms with van der Waals surface area (Å²) in [6.45, 7) is 3.46. The van der Waals surface area contributed by atoms with Crippen molar-refractivity contribution in [2.24, 2.45) is 0 Å². The molecule has 0 unspecified atom stereocenters. The third-order valence-corrected chi connectivity index (χ3v) is 4.80. The molecule has 0 spiro atoms. The number of carbonyl (C=O) groups excluding carboxylic acids is 1. The van der Waals surface area contributed by atoms with E-state index >= 15 is 0 Å². The van der Waals surface area contributed by atoms with Crippen LogP contribution in [0.25, 0.3) is 10.9 Å². The lowest BCUT2D eigenvalue weighted by molar-refractivity contribution is 0.0600. The van der Waals surface area contributed by atoms with Crippen molar-refractivity contribution in [1.29, 1.82) is 0 Å². The summed E-state index contributed by atoms with van der Waals surface area (Å²) in [7, 11) is 1.37. The SMILES string of the molecule is COC(=O)c1ccc(CNC(=S)NCCc2c(C)[nH]c3ccccc23)cc1. The highest BCUT2D eigenvalue weighted by molar-refractivity contribution is 7.80. The minimum Gasteiger partial charge on any atom is -0.465 e. The van der Waals surface area contributed by atoms with Gasteiger partial charge in [0.25, 0.3) is 0 Å². The Hall–Kier alpha value is -2.86. The molecule has 1 heterocycles. The average molecular weight is 382 g/mol. The molecule has 140 valence electrons. The van der Waals surface area contributed by atoms with Gasteiger partial charge in [0.1, 0.15) is 0 Å². The summed E-state index contributed by atoms with van der Waals surface area (Å²) < 4.78 is 4.70. The first kappa shape index (κ1) is 18.9. The fourth-order valence-electron chi connectivity index (χ4n) is 3.08. The molecule has 0 radical (unpaired) electrons. The molecule has 0 saturated heterocycles. The number of fused-ring (bicyclic) bond motifs is 1. The molecule has 6 heteroatoms. The monoisotopic (exact) mass is 381 g/mol. The van der Waals surface area contributed by atoms with E-state index in [9.17, 15) is 4.79 Å². The van der Waals surface area contributed by atoms with Gasteiger partial charge >= 0.3 is 5.97 Å². The lowest BCUT2D eigenvalue weighted by Crippen LogP contribution is -2.35. The second-order valence-corrected chi connectivity index (χ2v) is 6.73. The molecule has 0 aliphatic rings. The third-order valence-electron chi connectivity index (χ3n) is 4.52. The Morgan fingerprint density at radius 1 is 1.11 bits per heavy atom. The van der Waals surface area contributed by atoms with E-state index in [-0.39, 0.29) is 5.97 Å². The van der Waals surface area contributed by atoms with Gasteiger partial charge in [-0.3, -0.25) is 0 Å². The van der Waals surface area contributed by atoms with Crippen LogP contribution in [-0.2, 0) is 17.7 Å². The van der Waals surface area contributed by atoms with Crippen molar-refractivity contribution in [2.45, 2.75) is 19.9 Å². The maximum Gasteiger partial charge on any atom is 0.337 e. The van der Waals surface area contributed by atoms with Crippen molar-refractivity contribution in [3.05, 3.63) is 70.9 Å². The zero-order valence-corrected chi connectivity index (χ0v) is 16.3. The molecule has 0 aliphatic carbocycles. The van der Waals surface area contributed by atoms with Crippen LogP contribution in [0.15, 0.2) is 48.5 Å². The van der Waals surface area contributed by atoms with E-state index < -0.39 is 0 Å². The lowest BCUT2D eigenvalue weighted by Gasteiger charge is -2.11. The van der Waals surface area contributed by atoms with Crippen LogP contribution >= 0.6 is 12.2 Å². The van der Waals surface area contributed by atoms with Gasteiger partial charge in [-0.05, 0) is 54.9 Å². The summed E-state index contributed by atoms with van der Waals surface area (Å²) in [6.07, 6.45) is 0.894. The van der Waals surface area contributed by atoms with E-state index in [1.807, 2.05) is 18.2 Å². The van der Waals surface area contributed by atoms with E-state index in [0.717, 1.165) is 18.5 Å². The van der Waals surface area contributed by atoms with Crippen LogP contribution in [0.4, 0.5) is 0 Å². The number of hydrogen-bond acceptors (Lipinski definition) is 3. The number of esters is 1. The number of para-hydroxylation sites is 1. The van der Waals surface area contributed by atoms with Gasteiger partial charge in [-0.25, -0.2) is 4.79 Å². The highest BCUT2D eigenvalue weighted by Gasteiger charge is 2.08. The third kappa shape index (κ3) is 4.65. The second kappa shape index (κ2) is 8.68. The molecule has 0 aliphatic heterocycles. The first-order chi connectivity index (χ1) is 13.1. The Labute approximate surface area is 164 Å². The maximum absolute atomic E-state index is 11.4. The zero-order chi connectivity index (χ0) is 19.2. The van der Waals surface area contributed by atoms with Gasteiger partial charge in [0.2, 0.25) is 0 Å². The summed E-state index contributed by atoms with van der Waals surface area (Å²) in [6, 6.07) is 15.6. The van der Waals surface area contributed by atoms with E-state index in [0.29, 0.717) is 17.2 Å². The predicted molar refractivity (Wildman–Crippen MR) is 112 cm³/mol. The summed E-state index contributed by atoms with van der Waals surface area (Å²) in [5, 5.41) is 8.32. The summed E-state index contributed by atoms with van der Waals surface area (Å²) >= 11 is 5.36. The van der Waals surface area contributed by atoms with E-state index in [1.165, 1.54) is 29.3 Å². The number of aromatic amines is 1. The Bertz CT molecular complexity index is 948. The van der Waals surface area contributed by atoms with Gasteiger partial charge < -0.3 is 20.4 Å². The molecule has 0 atom stereocenters. The molecule has 1 aromatic heterocycles. The smallest absolute Gasteiger partial charge is 0.337 e. The van der Waals surface area contributed by atoms with Gasteiger partial charge in [-0.1, -0.05) is 30.3 Å². The van der Waals surface area contributed by atoms with E-state index in [1.54, 1.807) is 12.1 Å². The number of aromatic nitrogens is 1. The molecule has 0 fully saturated rings. The van der Waals surface area contributed by atoms with E-state index in [2.05, 4.69) is 40.7 Å². The van der Waals surface area contributed by atoms with Gasteiger partial charge in [0.15, 0.2) is 5.11 Å². The fraction of sp³-hybridized carbons (Fsp3) is 0.238. The van der Waals surface area contributed by atoms with Gasteiger partial charge in [0, 0.05) is 29.7 Å². The molecular formula is C21H23N3O2S. The van der Waals surface area contributed by atoms with Crippen LogP contribution in [0.3, 0.4) is 0 Å².